The quantitative estimate of drug-likeness (QED) is 0.727. The Kier molecular flexibility index (Phi) is 4.80. The first kappa shape index (κ1) is 14.3. The Morgan fingerprint density at radius 1 is 1.35 bits per heavy atom. The molecule has 0 aromatic rings. The predicted molar refractivity (Wildman–Crippen MR) is 67.7 cm³/mol. The van der Waals surface area contributed by atoms with E-state index in [2.05, 4.69) is 17.6 Å². The lowest BCUT2D eigenvalue weighted by Crippen LogP contribution is -2.51. The number of carbonyl (C=O) groups excluding carboxylic acids is 1. The molecule has 1 aliphatic rings. The van der Waals surface area contributed by atoms with E-state index in [1.54, 1.807) is 6.92 Å². The summed E-state index contributed by atoms with van der Waals surface area (Å²) in [5.74, 6) is 0.210. The molecule has 1 fully saturated rings. The van der Waals surface area contributed by atoms with Crippen molar-refractivity contribution in [1.29, 1.82) is 0 Å². The van der Waals surface area contributed by atoms with Crippen molar-refractivity contribution in [2.75, 3.05) is 18.1 Å². The molecule has 0 aromatic heterocycles. The van der Waals surface area contributed by atoms with E-state index < -0.39 is 15.4 Å². The van der Waals surface area contributed by atoms with E-state index in [0.29, 0.717) is 13.0 Å². The third-order valence-corrected chi connectivity index (χ3v) is 4.89. The fourth-order valence-corrected chi connectivity index (χ4v) is 4.10. The number of sulfone groups is 1. The number of hydrogen-bond donors (Lipinski definition) is 2. The average Bonchev–Trinajstić information content (AvgIpc) is 2.47. The second kappa shape index (κ2) is 5.71. The highest BCUT2D eigenvalue weighted by Crippen LogP contribution is 2.22. The van der Waals surface area contributed by atoms with Gasteiger partial charge in [0.05, 0.1) is 17.0 Å². The van der Waals surface area contributed by atoms with Crippen LogP contribution in [0.2, 0.25) is 0 Å². The van der Waals surface area contributed by atoms with Crippen LogP contribution in [0.25, 0.3) is 0 Å². The van der Waals surface area contributed by atoms with Crippen LogP contribution in [0.3, 0.4) is 0 Å². The van der Waals surface area contributed by atoms with Gasteiger partial charge >= 0.3 is 6.03 Å². The molecule has 1 saturated heterocycles. The van der Waals surface area contributed by atoms with Crippen LogP contribution in [-0.2, 0) is 9.84 Å². The molecule has 100 valence electrons. The van der Waals surface area contributed by atoms with Crippen LogP contribution in [0.15, 0.2) is 0 Å². The van der Waals surface area contributed by atoms with Crippen LogP contribution in [0, 0.1) is 0 Å². The molecule has 0 aromatic carbocycles. The van der Waals surface area contributed by atoms with Gasteiger partial charge in [-0.1, -0.05) is 19.8 Å². The molecule has 0 radical (unpaired) electrons. The van der Waals surface area contributed by atoms with Crippen molar-refractivity contribution in [2.24, 2.45) is 0 Å². The fraction of sp³-hybridized carbons (Fsp3) is 0.909. The van der Waals surface area contributed by atoms with Crippen molar-refractivity contribution in [3.8, 4) is 0 Å². The summed E-state index contributed by atoms with van der Waals surface area (Å²) in [4.78, 5) is 11.6. The van der Waals surface area contributed by atoms with E-state index in [1.807, 2.05) is 0 Å². The van der Waals surface area contributed by atoms with Crippen molar-refractivity contribution in [3.63, 3.8) is 0 Å². The molecule has 2 amide bonds. The number of amides is 2. The average molecular weight is 262 g/mol. The summed E-state index contributed by atoms with van der Waals surface area (Å²) < 4.78 is 22.7. The third-order valence-electron chi connectivity index (χ3n) is 2.98. The number of nitrogens with one attached hydrogen (secondary N) is 2. The van der Waals surface area contributed by atoms with E-state index >= 15 is 0 Å². The van der Waals surface area contributed by atoms with Crippen LogP contribution < -0.4 is 10.6 Å². The molecule has 1 unspecified atom stereocenters. The molecule has 6 heteroatoms. The minimum absolute atomic E-state index is 0.0440. The maximum Gasteiger partial charge on any atom is 0.315 e. The van der Waals surface area contributed by atoms with E-state index in [9.17, 15) is 13.2 Å². The molecule has 0 saturated carbocycles. The zero-order chi connectivity index (χ0) is 12.9. The number of rotatable bonds is 5. The Bertz CT molecular complexity index is 367. The summed E-state index contributed by atoms with van der Waals surface area (Å²) >= 11 is 0. The van der Waals surface area contributed by atoms with E-state index in [1.165, 1.54) is 0 Å². The standard InChI is InChI=1S/C11H22N2O3S/c1-3-4-5-7-12-10(14)13-11(2)6-8-17(15,16)9-11/h3-9H2,1-2H3,(H2,12,13,14). The van der Waals surface area contributed by atoms with Crippen molar-refractivity contribution in [1.82, 2.24) is 10.6 Å². The normalized spacial score (nSPS) is 26.7. The minimum atomic E-state index is -2.97. The molecular weight excluding hydrogens is 240 g/mol. The largest absolute Gasteiger partial charge is 0.338 e. The summed E-state index contributed by atoms with van der Waals surface area (Å²) in [6.45, 7) is 4.52. The van der Waals surface area contributed by atoms with E-state index in [0.717, 1.165) is 19.3 Å². The van der Waals surface area contributed by atoms with Gasteiger partial charge in [0.15, 0.2) is 9.84 Å². The molecule has 1 rings (SSSR count). The summed E-state index contributed by atoms with van der Waals surface area (Å²) in [6, 6.07) is -0.263. The van der Waals surface area contributed by atoms with Crippen LogP contribution in [0.1, 0.15) is 39.5 Å². The van der Waals surface area contributed by atoms with Crippen LogP contribution in [0.5, 0.6) is 0 Å². The number of unbranched alkanes of at least 4 members (excludes halogenated alkanes) is 2. The van der Waals surface area contributed by atoms with Crippen LogP contribution >= 0.6 is 0 Å². The van der Waals surface area contributed by atoms with Crippen molar-refractivity contribution in [2.45, 2.75) is 45.1 Å². The van der Waals surface area contributed by atoms with Gasteiger partial charge in [-0.2, -0.15) is 0 Å². The second-order valence-corrected chi connectivity index (χ2v) is 7.17. The first-order valence-electron chi connectivity index (χ1n) is 6.13. The number of carbonyl (C=O) groups is 1. The van der Waals surface area contributed by atoms with Crippen molar-refractivity contribution >= 4 is 15.9 Å². The Morgan fingerprint density at radius 2 is 2.06 bits per heavy atom. The highest BCUT2D eigenvalue weighted by Gasteiger charge is 2.39. The zero-order valence-corrected chi connectivity index (χ0v) is 11.4. The molecule has 1 aliphatic heterocycles. The SMILES string of the molecule is CCCCCNC(=O)NC1(C)CCS(=O)(=O)C1. The highest BCUT2D eigenvalue weighted by molar-refractivity contribution is 7.91. The minimum Gasteiger partial charge on any atom is -0.338 e. The lowest BCUT2D eigenvalue weighted by Gasteiger charge is -2.23. The zero-order valence-electron chi connectivity index (χ0n) is 10.6. The molecule has 1 atom stereocenters. The molecule has 17 heavy (non-hydrogen) atoms. The first-order valence-corrected chi connectivity index (χ1v) is 7.95. The molecule has 0 aliphatic carbocycles. The third kappa shape index (κ3) is 4.93. The smallest absolute Gasteiger partial charge is 0.315 e. The van der Waals surface area contributed by atoms with Gasteiger partial charge in [0, 0.05) is 6.54 Å². The molecule has 5 nitrogen and oxygen atoms in total. The Balaban J connectivity index is 2.31. The van der Waals surface area contributed by atoms with Gasteiger partial charge in [-0.3, -0.25) is 0 Å². The molecule has 0 spiro atoms. The summed E-state index contributed by atoms with van der Waals surface area (Å²) in [5.41, 5.74) is -0.603. The van der Waals surface area contributed by atoms with Gasteiger partial charge in [-0.15, -0.1) is 0 Å². The Hall–Kier alpha value is -0.780. The lowest BCUT2D eigenvalue weighted by molar-refractivity contribution is 0.230. The van der Waals surface area contributed by atoms with E-state index in [4.69, 9.17) is 0 Å². The van der Waals surface area contributed by atoms with Gasteiger partial charge in [0.1, 0.15) is 0 Å². The first-order chi connectivity index (χ1) is 7.87. The van der Waals surface area contributed by atoms with Crippen LogP contribution in [-0.4, -0.2) is 38.0 Å². The van der Waals surface area contributed by atoms with Gasteiger partial charge in [0.2, 0.25) is 0 Å². The van der Waals surface area contributed by atoms with Gasteiger partial charge in [0.25, 0.3) is 0 Å². The molecular formula is C11H22N2O3S. The lowest BCUT2D eigenvalue weighted by atomic mass is 10.0. The van der Waals surface area contributed by atoms with E-state index in [-0.39, 0.29) is 17.5 Å². The van der Waals surface area contributed by atoms with Gasteiger partial charge < -0.3 is 10.6 Å². The van der Waals surface area contributed by atoms with Crippen LogP contribution in [0.4, 0.5) is 4.79 Å². The molecule has 2 N–H and O–H groups in total. The topological polar surface area (TPSA) is 75.3 Å². The monoisotopic (exact) mass is 262 g/mol. The Morgan fingerprint density at radius 3 is 2.59 bits per heavy atom. The van der Waals surface area contributed by atoms with Gasteiger partial charge in [-0.05, 0) is 19.8 Å². The molecule has 1 heterocycles. The highest BCUT2D eigenvalue weighted by atomic mass is 32.2. The second-order valence-electron chi connectivity index (χ2n) is 4.99. The summed E-state index contributed by atoms with van der Waals surface area (Å²) in [7, 11) is -2.97. The summed E-state index contributed by atoms with van der Waals surface area (Å²) in [5, 5.41) is 5.51. The van der Waals surface area contributed by atoms with Gasteiger partial charge in [-0.25, -0.2) is 13.2 Å². The van der Waals surface area contributed by atoms with Crippen molar-refractivity contribution < 1.29 is 13.2 Å². The maximum atomic E-state index is 11.6. The predicted octanol–water partition coefficient (Wildman–Crippen LogP) is 1.05. The fourth-order valence-electron chi connectivity index (χ4n) is 2.00. The van der Waals surface area contributed by atoms with Crippen molar-refractivity contribution in [3.05, 3.63) is 0 Å². The number of urea groups is 1. The molecule has 0 bridgehead atoms. The number of hydrogen-bond acceptors (Lipinski definition) is 3. The Labute approximate surface area is 103 Å². The maximum absolute atomic E-state index is 11.6. The summed E-state index contributed by atoms with van der Waals surface area (Å²) in [6.07, 6.45) is 3.65.